The second kappa shape index (κ2) is 4.44. The smallest absolute Gasteiger partial charge is 0.142 e. The van der Waals surface area contributed by atoms with Crippen LogP contribution in [-0.2, 0) is 0 Å². The van der Waals surface area contributed by atoms with Crippen LogP contribution >= 0.6 is 0 Å². The molecule has 0 aromatic heterocycles. The molecule has 0 radical (unpaired) electrons. The maximum absolute atomic E-state index is 9.02. The molecule has 1 aliphatic rings. The molecule has 0 bridgehead atoms. The minimum atomic E-state index is 0.130. The molecule has 1 fully saturated rings. The molecule has 0 amide bonds. The van der Waals surface area contributed by atoms with Crippen LogP contribution in [-0.4, -0.2) is 19.7 Å². The Hall–Kier alpha value is -1.69. The third-order valence-corrected chi connectivity index (χ3v) is 3.32. The summed E-state index contributed by atoms with van der Waals surface area (Å²) in [5.41, 5.74) is 1.09. The first kappa shape index (κ1) is 10.8. The molecule has 1 aromatic carbocycles. The number of para-hydroxylation sites is 2. The summed E-state index contributed by atoms with van der Waals surface area (Å²) >= 11 is 0. The average Bonchev–Trinajstić information content (AvgIpc) is 2.70. The maximum Gasteiger partial charge on any atom is 0.142 e. The van der Waals surface area contributed by atoms with Crippen molar-refractivity contribution in [1.29, 1.82) is 5.26 Å². The van der Waals surface area contributed by atoms with Gasteiger partial charge >= 0.3 is 0 Å². The molecular formula is C13H16N2O. The Bertz CT molecular complexity index is 411. The molecule has 1 heterocycles. The largest absolute Gasteiger partial charge is 0.495 e. The number of nitrogens with zero attached hydrogens (tertiary/aromatic N) is 2. The van der Waals surface area contributed by atoms with Crippen LogP contribution in [0.15, 0.2) is 24.3 Å². The first-order chi connectivity index (χ1) is 7.77. The Morgan fingerprint density at radius 3 is 2.81 bits per heavy atom. The Morgan fingerprint density at radius 2 is 2.19 bits per heavy atom. The third kappa shape index (κ3) is 1.71. The van der Waals surface area contributed by atoms with Crippen LogP contribution in [0.5, 0.6) is 5.75 Å². The fourth-order valence-electron chi connectivity index (χ4n) is 2.32. The number of methoxy groups -OCH3 is 1. The van der Waals surface area contributed by atoms with Gasteiger partial charge in [-0.3, -0.25) is 0 Å². The van der Waals surface area contributed by atoms with Crippen molar-refractivity contribution in [3.05, 3.63) is 24.3 Å². The maximum atomic E-state index is 9.02. The molecular weight excluding hydrogens is 200 g/mol. The summed E-state index contributed by atoms with van der Waals surface area (Å²) in [5, 5.41) is 9.02. The lowest BCUT2D eigenvalue weighted by atomic mass is 10.0. The zero-order valence-electron chi connectivity index (χ0n) is 9.68. The quantitative estimate of drug-likeness (QED) is 0.761. The zero-order chi connectivity index (χ0) is 11.5. The van der Waals surface area contributed by atoms with Gasteiger partial charge in [0.15, 0.2) is 0 Å². The molecule has 0 saturated carbocycles. The van der Waals surface area contributed by atoms with E-state index in [1.165, 1.54) is 0 Å². The van der Waals surface area contributed by atoms with E-state index in [2.05, 4.69) is 24.0 Å². The predicted octanol–water partition coefficient (Wildman–Crippen LogP) is 2.43. The molecule has 0 spiro atoms. The second-order valence-corrected chi connectivity index (χ2v) is 4.13. The monoisotopic (exact) mass is 216 g/mol. The summed E-state index contributed by atoms with van der Waals surface area (Å²) in [5.74, 6) is 1.01. The number of nitriles is 1. The predicted molar refractivity (Wildman–Crippen MR) is 63.5 cm³/mol. The molecule has 1 aliphatic heterocycles. The highest BCUT2D eigenvalue weighted by atomic mass is 16.5. The van der Waals surface area contributed by atoms with Gasteiger partial charge in [0.05, 0.1) is 24.8 Å². The van der Waals surface area contributed by atoms with Crippen LogP contribution < -0.4 is 9.64 Å². The van der Waals surface area contributed by atoms with Crippen molar-refractivity contribution in [3.8, 4) is 11.8 Å². The minimum absolute atomic E-state index is 0.130. The van der Waals surface area contributed by atoms with Crippen LogP contribution in [0.3, 0.4) is 0 Å². The highest BCUT2D eigenvalue weighted by Crippen LogP contribution is 2.35. The topological polar surface area (TPSA) is 36.3 Å². The number of ether oxygens (including phenoxy) is 1. The zero-order valence-corrected chi connectivity index (χ0v) is 9.68. The standard InChI is InChI=1S/C13H16N2O/c1-10-11(9-14)7-8-15(10)12-5-3-4-6-13(12)16-2/h3-6,10-11H,7-8H2,1-2H3. The van der Waals surface area contributed by atoms with Gasteiger partial charge in [0.2, 0.25) is 0 Å². The number of anilines is 1. The Morgan fingerprint density at radius 1 is 1.44 bits per heavy atom. The highest BCUT2D eigenvalue weighted by Gasteiger charge is 2.31. The molecule has 3 nitrogen and oxygen atoms in total. The van der Waals surface area contributed by atoms with Crippen molar-refractivity contribution < 1.29 is 4.74 Å². The Balaban J connectivity index is 2.29. The van der Waals surface area contributed by atoms with Gasteiger partial charge in [-0.25, -0.2) is 0 Å². The van der Waals surface area contributed by atoms with E-state index >= 15 is 0 Å². The molecule has 3 heteroatoms. The van der Waals surface area contributed by atoms with E-state index in [9.17, 15) is 0 Å². The van der Waals surface area contributed by atoms with E-state index < -0.39 is 0 Å². The molecule has 16 heavy (non-hydrogen) atoms. The SMILES string of the molecule is COc1ccccc1N1CCC(C#N)C1C. The fourth-order valence-corrected chi connectivity index (χ4v) is 2.32. The van der Waals surface area contributed by atoms with E-state index in [1.54, 1.807) is 7.11 Å². The van der Waals surface area contributed by atoms with E-state index in [0.29, 0.717) is 0 Å². The summed E-state index contributed by atoms with van der Waals surface area (Å²) in [7, 11) is 1.68. The van der Waals surface area contributed by atoms with Crippen LogP contribution in [0, 0.1) is 17.2 Å². The summed E-state index contributed by atoms with van der Waals surface area (Å²) < 4.78 is 5.35. The average molecular weight is 216 g/mol. The van der Waals surface area contributed by atoms with Crippen molar-refractivity contribution in [2.75, 3.05) is 18.6 Å². The Labute approximate surface area is 96.2 Å². The lowest BCUT2D eigenvalue weighted by molar-refractivity contribution is 0.413. The lowest BCUT2D eigenvalue weighted by Crippen LogP contribution is -2.29. The van der Waals surface area contributed by atoms with Crippen molar-refractivity contribution in [1.82, 2.24) is 0 Å². The van der Waals surface area contributed by atoms with Crippen molar-refractivity contribution in [2.24, 2.45) is 5.92 Å². The summed E-state index contributed by atoms with van der Waals surface area (Å²) in [6.45, 7) is 3.03. The molecule has 2 atom stereocenters. The molecule has 2 unspecified atom stereocenters. The summed E-state index contributed by atoms with van der Waals surface area (Å²) in [6.07, 6.45) is 0.940. The number of benzene rings is 1. The number of rotatable bonds is 2. The number of hydrogen-bond donors (Lipinski definition) is 0. The van der Waals surface area contributed by atoms with Gasteiger partial charge in [-0.15, -0.1) is 0 Å². The van der Waals surface area contributed by atoms with E-state index in [-0.39, 0.29) is 12.0 Å². The van der Waals surface area contributed by atoms with E-state index in [1.807, 2.05) is 18.2 Å². The second-order valence-electron chi connectivity index (χ2n) is 4.13. The molecule has 84 valence electrons. The highest BCUT2D eigenvalue weighted by molar-refractivity contribution is 5.60. The summed E-state index contributed by atoms with van der Waals surface area (Å²) in [6, 6.07) is 10.6. The van der Waals surface area contributed by atoms with Gasteiger partial charge in [-0.2, -0.15) is 5.26 Å². The lowest BCUT2D eigenvalue weighted by Gasteiger charge is -2.26. The Kier molecular flexibility index (Phi) is 3.00. The first-order valence-electron chi connectivity index (χ1n) is 5.57. The fraction of sp³-hybridized carbons (Fsp3) is 0.462. The van der Waals surface area contributed by atoms with Crippen molar-refractivity contribution >= 4 is 5.69 Å². The molecule has 1 aromatic rings. The van der Waals surface area contributed by atoms with Crippen LogP contribution in [0.4, 0.5) is 5.69 Å². The third-order valence-electron chi connectivity index (χ3n) is 3.32. The van der Waals surface area contributed by atoms with Gasteiger partial charge in [-0.05, 0) is 25.5 Å². The number of hydrogen-bond acceptors (Lipinski definition) is 3. The molecule has 0 aliphatic carbocycles. The van der Waals surface area contributed by atoms with Crippen LogP contribution in [0.1, 0.15) is 13.3 Å². The van der Waals surface area contributed by atoms with Gasteiger partial charge in [0.1, 0.15) is 5.75 Å². The van der Waals surface area contributed by atoms with Gasteiger partial charge < -0.3 is 9.64 Å². The van der Waals surface area contributed by atoms with E-state index in [4.69, 9.17) is 10.00 Å². The molecule has 2 rings (SSSR count). The normalized spacial score (nSPS) is 24.2. The van der Waals surface area contributed by atoms with Crippen molar-refractivity contribution in [3.63, 3.8) is 0 Å². The first-order valence-corrected chi connectivity index (χ1v) is 5.57. The minimum Gasteiger partial charge on any atom is -0.495 e. The van der Waals surface area contributed by atoms with Crippen LogP contribution in [0.2, 0.25) is 0 Å². The summed E-state index contributed by atoms with van der Waals surface area (Å²) in [4.78, 5) is 2.26. The van der Waals surface area contributed by atoms with E-state index in [0.717, 1.165) is 24.4 Å². The molecule has 0 N–H and O–H groups in total. The van der Waals surface area contributed by atoms with Gasteiger partial charge in [-0.1, -0.05) is 12.1 Å². The van der Waals surface area contributed by atoms with Gasteiger partial charge in [0.25, 0.3) is 0 Å². The van der Waals surface area contributed by atoms with Gasteiger partial charge in [0, 0.05) is 12.6 Å². The van der Waals surface area contributed by atoms with Crippen LogP contribution in [0.25, 0.3) is 0 Å². The van der Waals surface area contributed by atoms with Crippen molar-refractivity contribution in [2.45, 2.75) is 19.4 Å². The molecule has 1 saturated heterocycles.